The van der Waals surface area contributed by atoms with Gasteiger partial charge in [0.2, 0.25) is 0 Å². The molecule has 0 unspecified atom stereocenters. The summed E-state index contributed by atoms with van der Waals surface area (Å²) in [4.78, 5) is 32.3. The average molecular weight is 417 g/mol. The van der Waals surface area contributed by atoms with Gasteiger partial charge in [-0.25, -0.2) is 0 Å². The fourth-order valence-electron chi connectivity index (χ4n) is 2.95. The highest BCUT2D eigenvalue weighted by atomic mass is 32.1. The van der Waals surface area contributed by atoms with E-state index in [1.807, 2.05) is 29.6 Å². The lowest BCUT2D eigenvalue weighted by Gasteiger charge is -2.21. The van der Waals surface area contributed by atoms with Crippen LogP contribution < -0.4 is 5.32 Å². The van der Waals surface area contributed by atoms with Gasteiger partial charge in [0.15, 0.2) is 0 Å². The summed E-state index contributed by atoms with van der Waals surface area (Å²) in [7, 11) is 0. The van der Waals surface area contributed by atoms with E-state index < -0.39 is 0 Å². The van der Waals surface area contributed by atoms with Gasteiger partial charge in [-0.1, -0.05) is 12.1 Å². The summed E-state index contributed by atoms with van der Waals surface area (Å²) < 4.78 is 5.43. The van der Waals surface area contributed by atoms with E-state index in [9.17, 15) is 9.59 Å². The highest BCUT2D eigenvalue weighted by molar-refractivity contribution is 7.09. The van der Waals surface area contributed by atoms with Crippen LogP contribution in [0.25, 0.3) is 0 Å². The number of furan rings is 1. The number of pyridine rings is 1. The molecule has 2 amide bonds. The quantitative estimate of drug-likeness (QED) is 0.467. The Kier molecular flexibility index (Phi) is 6.01. The zero-order valence-corrected chi connectivity index (χ0v) is 16.8. The summed E-state index contributed by atoms with van der Waals surface area (Å²) in [6, 6.07) is 19.6. The maximum atomic E-state index is 13.1. The van der Waals surface area contributed by atoms with Crippen LogP contribution in [0.2, 0.25) is 0 Å². The molecule has 0 spiro atoms. The van der Waals surface area contributed by atoms with Crippen molar-refractivity contribution in [2.24, 2.45) is 0 Å². The summed E-state index contributed by atoms with van der Waals surface area (Å²) in [5, 5.41) is 4.78. The molecule has 6 nitrogen and oxygen atoms in total. The van der Waals surface area contributed by atoms with Gasteiger partial charge in [0.1, 0.15) is 11.5 Å². The monoisotopic (exact) mass is 417 g/mol. The number of aromatic nitrogens is 1. The number of nitrogens with one attached hydrogen (secondary N) is 1. The van der Waals surface area contributed by atoms with Crippen molar-refractivity contribution in [1.82, 2.24) is 9.88 Å². The number of benzene rings is 1. The van der Waals surface area contributed by atoms with Gasteiger partial charge < -0.3 is 14.6 Å². The van der Waals surface area contributed by atoms with Crippen molar-refractivity contribution >= 4 is 28.8 Å². The molecule has 0 radical (unpaired) electrons. The molecular formula is C23H19N3O3S. The molecule has 0 saturated carbocycles. The number of hydrogen-bond donors (Lipinski definition) is 1. The summed E-state index contributed by atoms with van der Waals surface area (Å²) in [6.07, 6.45) is 3.17. The Morgan fingerprint density at radius 3 is 2.50 bits per heavy atom. The van der Waals surface area contributed by atoms with E-state index >= 15 is 0 Å². The molecule has 0 bridgehead atoms. The molecule has 3 aromatic heterocycles. The molecule has 0 aliphatic rings. The maximum absolute atomic E-state index is 13.1. The molecule has 30 heavy (non-hydrogen) atoms. The lowest BCUT2D eigenvalue weighted by atomic mass is 10.1. The highest BCUT2D eigenvalue weighted by Gasteiger charge is 2.18. The number of amides is 2. The molecule has 4 aromatic rings. The molecule has 7 heteroatoms. The van der Waals surface area contributed by atoms with E-state index in [1.165, 1.54) is 0 Å². The highest BCUT2D eigenvalue weighted by Crippen LogP contribution is 2.19. The van der Waals surface area contributed by atoms with E-state index in [2.05, 4.69) is 10.3 Å². The molecule has 150 valence electrons. The summed E-state index contributed by atoms with van der Waals surface area (Å²) in [5.74, 6) is 0.313. The van der Waals surface area contributed by atoms with Crippen LogP contribution in [0.1, 0.15) is 31.5 Å². The van der Waals surface area contributed by atoms with Gasteiger partial charge >= 0.3 is 0 Å². The standard InChI is InChI=1S/C23H19N3O3S/c27-22(21-7-1-2-12-24-21)25-18-10-8-17(9-11-18)23(28)26(15-19-5-3-13-29-19)16-20-6-4-14-30-20/h1-14H,15-16H2,(H,25,27). The van der Waals surface area contributed by atoms with Gasteiger partial charge in [-0.3, -0.25) is 14.6 Å². The molecule has 4 rings (SSSR count). The minimum atomic E-state index is -0.299. The number of nitrogens with zero attached hydrogens (tertiary/aromatic N) is 2. The summed E-state index contributed by atoms with van der Waals surface area (Å²) in [5.41, 5.74) is 1.46. The van der Waals surface area contributed by atoms with Crippen LogP contribution in [-0.4, -0.2) is 21.7 Å². The Morgan fingerprint density at radius 1 is 0.967 bits per heavy atom. The largest absolute Gasteiger partial charge is 0.467 e. The maximum Gasteiger partial charge on any atom is 0.274 e. The third-order valence-corrected chi connectivity index (χ3v) is 5.29. The van der Waals surface area contributed by atoms with Crippen LogP contribution in [0, 0.1) is 0 Å². The molecule has 0 fully saturated rings. The molecule has 0 aliphatic heterocycles. The summed E-state index contributed by atoms with van der Waals surface area (Å²) >= 11 is 1.61. The number of carbonyl (C=O) groups excluding carboxylic acids is 2. The topological polar surface area (TPSA) is 75.4 Å². The van der Waals surface area contributed by atoms with Gasteiger partial charge in [-0.05, 0) is 60.0 Å². The van der Waals surface area contributed by atoms with Crippen molar-refractivity contribution in [2.45, 2.75) is 13.1 Å². The molecule has 0 saturated heterocycles. The summed E-state index contributed by atoms with van der Waals surface area (Å²) in [6.45, 7) is 0.872. The van der Waals surface area contributed by atoms with Gasteiger partial charge in [-0.15, -0.1) is 11.3 Å². The van der Waals surface area contributed by atoms with Gasteiger partial charge in [0.25, 0.3) is 11.8 Å². The zero-order chi connectivity index (χ0) is 20.8. The fraction of sp³-hybridized carbons (Fsp3) is 0.0870. The van der Waals surface area contributed by atoms with E-state index in [0.29, 0.717) is 30.0 Å². The number of anilines is 1. The van der Waals surface area contributed by atoms with Crippen LogP contribution in [0.3, 0.4) is 0 Å². The van der Waals surface area contributed by atoms with Crippen LogP contribution >= 0.6 is 11.3 Å². The molecule has 1 aromatic carbocycles. The molecule has 1 N–H and O–H groups in total. The smallest absolute Gasteiger partial charge is 0.274 e. The van der Waals surface area contributed by atoms with E-state index in [4.69, 9.17) is 4.42 Å². The van der Waals surface area contributed by atoms with Crippen molar-refractivity contribution < 1.29 is 14.0 Å². The predicted octanol–water partition coefficient (Wildman–Crippen LogP) is 4.83. The lowest BCUT2D eigenvalue weighted by Crippen LogP contribution is -2.29. The SMILES string of the molecule is O=C(Nc1ccc(C(=O)N(Cc2ccco2)Cc2cccs2)cc1)c1ccccn1. The van der Waals surface area contributed by atoms with Crippen molar-refractivity contribution in [1.29, 1.82) is 0 Å². The minimum absolute atomic E-state index is 0.109. The minimum Gasteiger partial charge on any atom is -0.467 e. The van der Waals surface area contributed by atoms with Gasteiger partial charge in [0.05, 0.1) is 19.4 Å². The van der Waals surface area contributed by atoms with E-state index in [-0.39, 0.29) is 11.8 Å². The molecule has 0 atom stereocenters. The lowest BCUT2D eigenvalue weighted by molar-refractivity contribution is 0.0719. The van der Waals surface area contributed by atoms with Crippen LogP contribution in [0.5, 0.6) is 0 Å². The van der Waals surface area contributed by atoms with Crippen molar-refractivity contribution in [3.05, 3.63) is 106 Å². The molecular weight excluding hydrogens is 398 g/mol. The molecule has 3 heterocycles. The predicted molar refractivity (Wildman–Crippen MR) is 115 cm³/mol. The van der Waals surface area contributed by atoms with Gasteiger partial charge in [-0.2, -0.15) is 0 Å². The number of thiophene rings is 1. The first-order valence-electron chi connectivity index (χ1n) is 9.35. The first kappa shape index (κ1) is 19.6. The Hall–Kier alpha value is -3.71. The average Bonchev–Trinajstić information content (AvgIpc) is 3.48. The van der Waals surface area contributed by atoms with Gasteiger partial charge in [0, 0.05) is 22.3 Å². The fourth-order valence-corrected chi connectivity index (χ4v) is 3.67. The Balaban J connectivity index is 1.48. The first-order chi connectivity index (χ1) is 14.7. The van der Waals surface area contributed by atoms with E-state index in [0.717, 1.165) is 10.6 Å². The third kappa shape index (κ3) is 4.82. The van der Waals surface area contributed by atoms with Crippen LogP contribution in [-0.2, 0) is 13.1 Å². The van der Waals surface area contributed by atoms with Crippen molar-refractivity contribution in [2.75, 3.05) is 5.32 Å². The second-order valence-corrected chi connectivity index (χ2v) is 7.60. The Labute approximate surface area is 177 Å². The molecule has 0 aliphatic carbocycles. The first-order valence-corrected chi connectivity index (χ1v) is 10.2. The van der Waals surface area contributed by atoms with E-state index in [1.54, 1.807) is 71.2 Å². The van der Waals surface area contributed by atoms with Crippen LogP contribution in [0.4, 0.5) is 5.69 Å². The Bertz CT molecular complexity index is 1060. The Morgan fingerprint density at radius 2 is 1.83 bits per heavy atom. The number of hydrogen-bond acceptors (Lipinski definition) is 5. The second-order valence-electron chi connectivity index (χ2n) is 6.57. The third-order valence-electron chi connectivity index (χ3n) is 4.43. The number of carbonyl (C=O) groups is 2. The normalized spacial score (nSPS) is 10.5. The zero-order valence-electron chi connectivity index (χ0n) is 16.0. The van der Waals surface area contributed by atoms with Crippen molar-refractivity contribution in [3.8, 4) is 0 Å². The van der Waals surface area contributed by atoms with Crippen molar-refractivity contribution in [3.63, 3.8) is 0 Å². The number of rotatable bonds is 7. The van der Waals surface area contributed by atoms with Crippen LogP contribution in [0.15, 0.2) is 89.0 Å². The second kappa shape index (κ2) is 9.19.